The second-order valence-corrected chi connectivity index (χ2v) is 4.58. The summed E-state index contributed by atoms with van der Waals surface area (Å²) in [4.78, 5) is 4.30. The molecule has 2 aromatic rings. The first-order valence-electron chi connectivity index (χ1n) is 6.21. The minimum absolute atomic E-state index is 0.0131. The monoisotopic (exact) mass is 271 g/mol. The van der Waals surface area contributed by atoms with Gasteiger partial charge in [-0.3, -0.25) is 5.41 Å². The summed E-state index contributed by atoms with van der Waals surface area (Å²) < 4.78 is 5.72. The van der Waals surface area contributed by atoms with Crippen LogP contribution in [0, 0.1) is 19.3 Å². The molecule has 0 radical (unpaired) electrons. The van der Waals surface area contributed by atoms with Gasteiger partial charge in [0.25, 0.3) is 0 Å². The third-order valence-corrected chi connectivity index (χ3v) is 2.90. The van der Waals surface area contributed by atoms with Crippen LogP contribution in [-0.4, -0.2) is 15.9 Å². The molecule has 0 aliphatic heterocycles. The second kappa shape index (κ2) is 5.71. The first kappa shape index (κ1) is 14.0. The number of nitrogens with one attached hydrogen (secondary N) is 1. The zero-order valence-corrected chi connectivity index (χ0v) is 11.5. The van der Waals surface area contributed by atoms with Gasteiger partial charge in [0.2, 0.25) is 5.88 Å². The van der Waals surface area contributed by atoms with Gasteiger partial charge in [0.1, 0.15) is 11.6 Å². The normalized spacial score (nSPS) is 10.3. The lowest BCUT2D eigenvalue weighted by Gasteiger charge is -2.12. The number of rotatable bonds is 4. The van der Waals surface area contributed by atoms with Gasteiger partial charge in [-0.2, -0.15) is 0 Å². The Morgan fingerprint density at radius 1 is 1.30 bits per heavy atom. The fraction of sp³-hybridized carbons (Fsp3) is 0.200. The summed E-state index contributed by atoms with van der Waals surface area (Å²) in [6.45, 7) is 3.71. The number of amidine groups is 1. The van der Waals surface area contributed by atoms with Crippen molar-refractivity contribution in [3.63, 3.8) is 0 Å². The van der Waals surface area contributed by atoms with E-state index in [1.165, 1.54) is 0 Å². The SMILES string of the molecule is Cc1cc(C)c(C(=N)N)c(Oc2ccc(CO)cc2)n1. The van der Waals surface area contributed by atoms with E-state index in [1.807, 2.05) is 19.9 Å². The third-order valence-electron chi connectivity index (χ3n) is 2.90. The molecule has 0 spiro atoms. The van der Waals surface area contributed by atoms with Crippen LogP contribution in [0.1, 0.15) is 22.4 Å². The quantitative estimate of drug-likeness (QED) is 0.587. The van der Waals surface area contributed by atoms with Crippen LogP contribution in [0.2, 0.25) is 0 Å². The van der Waals surface area contributed by atoms with Crippen molar-refractivity contribution in [2.45, 2.75) is 20.5 Å². The van der Waals surface area contributed by atoms with E-state index in [-0.39, 0.29) is 12.4 Å². The van der Waals surface area contributed by atoms with Crippen LogP contribution in [0.15, 0.2) is 30.3 Å². The summed E-state index contributed by atoms with van der Waals surface area (Å²) in [6, 6.07) is 8.89. The Morgan fingerprint density at radius 3 is 2.50 bits per heavy atom. The van der Waals surface area contributed by atoms with Gasteiger partial charge in [-0.15, -0.1) is 0 Å². The minimum Gasteiger partial charge on any atom is -0.438 e. The van der Waals surface area contributed by atoms with Gasteiger partial charge in [0, 0.05) is 5.69 Å². The average Bonchev–Trinajstić information content (AvgIpc) is 2.38. The Kier molecular flexibility index (Phi) is 4.00. The number of hydrogen-bond acceptors (Lipinski definition) is 4. The number of nitrogens with zero attached hydrogens (tertiary/aromatic N) is 1. The molecule has 2 rings (SSSR count). The molecule has 104 valence electrons. The summed E-state index contributed by atoms with van der Waals surface area (Å²) in [5.41, 5.74) is 8.55. The predicted octanol–water partition coefficient (Wildman–Crippen LogP) is 2.27. The molecule has 5 heteroatoms. The van der Waals surface area contributed by atoms with Crippen LogP contribution in [0.3, 0.4) is 0 Å². The second-order valence-electron chi connectivity index (χ2n) is 4.58. The summed E-state index contributed by atoms with van der Waals surface area (Å²) >= 11 is 0. The standard InChI is InChI=1S/C15H17N3O2/c1-9-7-10(2)18-15(13(9)14(16)17)20-12-5-3-11(8-19)4-6-12/h3-7,19H,8H2,1-2H3,(H3,16,17). The van der Waals surface area contributed by atoms with Crippen molar-refractivity contribution in [2.75, 3.05) is 0 Å². The fourth-order valence-electron chi connectivity index (χ4n) is 1.98. The van der Waals surface area contributed by atoms with Gasteiger partial charge >= 0.3 is 0 Å². The van der Waals surface area contributed by atoms with E-state index in [1.54, 1.807) is 24.3 Å². The number of ether oxygens (including phenoxy) is 1. The van der Waals surface area contributed by atoms with Crippen molar-refractivity contribution in [1.29, 1.82) is 5.41 Å². The molecule has 1 aromatic carbocycles. The van der Waals surface area contributed by atoms with E-state index in [0.717, 1.165) is 16.8 Å². The summed E-state index contributed by atoms with van der Waals surface area (Å²) in [5.74, 6) is 0.839. The molecule has 20 heavy (non-hydrogen) atoms. The molecule has 1 heterocycles. The number of aromatic nitrogens is 1. The highest BCUT2D eigenvalue weighted by molar-refractivity contribution is 5.98. The zero-order valence-electron chi connectivity index (χ0n) is 11.5. The molecule has 0 aliphatic rings. The van der Waals surface area contributed by atoms with E-state index in [0.29, 0.717) is 17.2 Å². The lowest BCUT2D eigenvalue weighted by molar-refractivity contribution is 0.281. The van der Waals surface area contributed by atoms with Gasteiger partial charge in [-0.25, -0.2) is 4.98 Å². The first-order chi connectivity index (χ1) is 9.51. The third kappa shape index (κ3) is 2.95. The Morgan fingerprint density at radius 2 is 1.95 bits per heavy atom. The van der Waals surface area contributed by atoms with E-state index in [9.17, 15) is 0 Å². The van der Waals surface area contributed by atoms with Crippen LogP contribution in [0.5, 0.6) is 11.6 Å². The predicted molar refractivity (Wildman–Crippen MR) is 77.2 cm³/mol. The van der Waals surface area contributed by atoms with Crippen LogP contribution in [0.4, 0.5) is 0 Å². The van der Waals surface area contributed by atoms with E-state index >= 15 is 0 Å². The zero-order chi connectivity index (χ0) is 14.7. The summed E-state index contributed by atoms with van der Waals surface area (Å²) in [5, 5.41) is 16.7. The van der Waals surface area contributed by atoms with Gasteiger partial charge in [-0.1, -0.05) is 12.1 Å². The number of aryl methyl sites for hydroxylation is 2. The Labute approximate surface area is 117 Å². The molecular weight excluding hydrogens is 254 g/mol. The maximum atomic E-state index is 9.01. The highest BCUT2D eigenvalue weighted by atomic mass is 16.5. The average molecular weight is 271 g/mol. The Bertz CT molecular complexity index is 636. The number of hydrogen-bond donors (Lipinski definition) is 3. The molecule has 0 aliphatic carbocycles. The Hall–Kier alpha value is -2.40. The lowest BCUT2D eigenvalue weighted by atomic mass is 10.1. The molecule has 5 nitrogen and oxygen atoms in total. The molecular formula is C15H17N3O2. The van der Waals surface area contributed by atoms with Gasteiger partial charge in [-0.05, 0) is 43.2 Å². The summed E-state index contributed by atoms with van der Waals surface area (Å²) in [7, 11) is 0. The van der Waals surface area contributed by atoms with Gasteiger partial charge in [0.05, 0.1) is 12.2 Å². The van der Waals surface area contributed by atoms with E-state index in [2.05, 4.69) is 4.98 Å². The van der Waals surface area contributed by atoms with Crippen LogP contribution < -0.4 is 10.5 Å². The topological polar surface area (TPSA) is 92.2 Å². The molecule has 0 fully saturated rings. The molecule has 4 N–H and O–H groups in total. The van der Waals surface area contributed by atoms with Crippen molar-refractivity contribution < 1.29 is 9.84 Å². The summed E-state index contributed by atoms with van der Waals surface area (Å²) in [6.07, 6.45) is 0. The largest absolute Gasteiger partial charge is 0.438 e. The molecule has 0 amide bonds. The maximum absolute atomic E-state index is 9.01. The van der Waals surface area contributed by atoms with Crippen molar-refractivity contribution >= 4 is 5.84 Å². The molecule has 0 bridgehead atoms. The van der Waals surface area contributed by atoms with Crippen molar-refractivity contribution in [3.05, 3.63) is 52.7 Å². The van der Waals surface area contributed by atoms with Gasteiger partial charge < -0.3 is 15.6 Å². The lowest BCUT2D eigenvalue weighted by Crippen LogP contribution is -2.15. The highest BCUT2D eigenvalue weighted by Gasteiger charge is 2.13. The number of aliphatic hydroxyl groups excluding tert-OH is 1. The molecule has 0 unspecified atom stereocenters. The van der Waals surface area contributed by atoms with Crippen LogP contribution in [-0.2, 0) is 6.61 Å². The highest BCUT2D eigenvalue weighted by Crippen LogP contribution is 2.26. The molecule has 1 aromatic heterocycles. The van der Waals surface area contributed by atoms with E-state index in [4.69, 9.17) is 21.0 Å². The first-order valence-corrected chi connectivity index (χ1v) is 6.21. The number of nitrogen functional groups attached to an aromatic ring is 1. The van der Waals surface area contributed by atoms with Crippen molar-refractivity contribution in [2.24, 2.45) is 5.73 Å². The van der Waals surface area contributed by atoms with Crippen molar-refractivity contribution in [3.8, 4) is 11.6 Å². The van der Waals surface area contributed by atoms with E-state index < -0.39 is 0 Å². The fourth-order valence-corrected chi connectivity index (χ4v) is 1.98. The number of pyridine rings is 1. The van der Waals surface area contributed by atoms with Gasteiger partial charge in [0.15, 0.2) is 0 Å². The number of benzene rings is 1. The Balaban J connectivity index is 2.39. The molecule has 0 saturated carbocycles. The van der Waals surface area contributed by atoms with Crippen molar-refractivity contribution in [1.82, 2.24) is 4.98 Å². The number of nitrogens with two attached hydrogens (primary N) is 1. The van der Waals surface area contributed by atoms with Crippen LogP contribution in [0.25, 0.3) is 0 Å². The smallest absolute Gasteiger partial charge is 0.230 e. The molecule has 0 atom stereocenters. The maximum Gasteiger partial charge on any atom is 0.230 e. The van der Waals surface area contributed by atoms with Crippen LogP contribution >= 0.6 is 0 Å². The minimum atomic E-state index is -0.0722. The molecule has 0 saturated heterocycles. The number of aliphatic hydroxyl groups is 1.